The van der Waals surface area contributed by atoms with Crippen LogP contribution < -0.4 is 16.3 Å². The Balaban J connectivity index is 1.82. The molecule has 0 unspecified atom stereocenters. The molecular formula is C18H15BrClN5O3. The summed E-state index contributed by atoms with van der Waals surface area (Å²) in [6.45, 7) is 1.69. The van der Waals surface area contributed by atoms with Gasteiger partial charge in [0.25, 0.3) is 11.8 Å². The Kier molecular flexibility index (Phi) is 5.66. The molecule has 2 N–H and O–H groups in total. The number of hydrogen-bond donors (Lipinski definition) is 2. The second-order valence-corrected chi connectivity index (χ2v) is 7.30. The van der Waals surface area contributed by atoms with Crippen LogP contribution in [-0.2, 0) is 7.05 Å². The maximum absolute atomic E-state index is 12.4. The number of benzene rings is 1. The van der Waals surface area contributed by atoms with Crippen molar-refractivity contribution in [3.63, 3.8) is 0 Å². The summed E-state index contributed by atoms with van der Waals surface area (Å²) < 4.78 is 3.75. The Morgan fingerprint density at radius 2 is 1.75 bits per heavy atom. The van der Waals surface area contributed by atoms with Crippen molar-refractivity contribution in [3.05, 3.63) is 79.4 Å². The van der Waals surface area contributed by atoms with Gasteiger partial charge >= 0.3 is 0 Å². The maximum Gasteiger partial charge on any atom is 0.294 e. The van der Waals surface area contributed by atoms with E-state index in [1.807, 2.05) is 0 Å². The van der Waals surface area contributed by atoms with Gasteiger partial charge in [0.1, 0.15) is 5.69 Å². The average Bonchev–Trinajstić information content (AvgIpc) is 2.99. The van der Waals surface area contributed by atoms with Crippen LogP contribution in [0.15, 0.2) is 51.9 Å². The fraction of sp³-hybridized carbons (Fsp3) is 0.111. The van der Waals surface area contributed by atoms with Gasteiger partial charge in [-0.15, -0.1) is 0 Å². The fourth-order valence-electron chi connectivity index (χ4n) is 2.54. The van der Waals surface area contributed by atoms with Gasteiger partial charge in [0.2, 0.25) is 5.43 Å². The van der Waals surface area contributed by atoms with Crippen LogP contribution in [0.4, 0.5) is 0 Å². The highest BCUT2D eigenvalue weighted by atomic mass is 79.9. The number of aromatic nitrogens is 3. The Morgan fingerprint density at radius 1 is 1.11 bits per heavy atom. The number of nitrogens with one attached hydrogen (secondary N) is 2. The molecule has 0 aliphatic carbocycles. The largest absolute Gasteiger partial charge is 0.345 e. The number of nitrogens with zero attached hydrogens (tertiary/aromatic N) is 3. The second-order valence-electron chi connectivity index (χ2n) is 5.95. The molecule has 0 spiro atoms. The third-order valence-corrected chi connectivity index (χ3v) is 4.57. The first kappa shape index (κ1) is 19.8. The minimum atomic E-state index is -0.825. The number of hydrazine groups is 1. The Bertz CT molecular complexity index is 1120. The molecule has 2 amide bonds. The average molecular weight is 465 g/mol. The monoisotopic (exact) mass is 463 g/mol. The van der Waals surface area contributed by atoms with Gasteiger partial charge in [-0.05, 0) is 53.2 Å². The zero-order chi connectivity index (χ0) is 20.4. The molecule has 0 radical (unpaired) electrons. The summed E-state index contributed by atoms with van der Waals surface area (Å²) in [6.07, 6.45) is 1.70. The molecule has 0 aliphatic rings. The molecular weight excluding hydrogens is 450 g/mol. The van der Waals surface area contributed by atoms with E-state index in [9.17, 15) is 14.4 Å². The Hall–Kier alpha value is -2.91. The number of carbonyl (C=O) groups is 2. The lowest BCUT2D eigenvalue weighted by atomic mass is 10.2. The van der Waals surface area contributed by atoms with E-state index in [1.54, 1.807) is 55.1 Å². The zero-order valence-electron chi connectivity index (χ0n) is 14.9. The lowest BCUT2D eigenvalue weighted by Crippen LogP contribution is -2.44. The van der Waals surface area contributed by atoms with Gasteiger partial charge in [-0.2, -0.15) is 5.10 Å². The quantitative estimate of drug-likeness (QED) is 0.582. The van der Waals surface area contributed by atoms with Crippen molar-refractivity contribution < 1.29 is 9.59 Å². The van der Waals surface area contributed by atoms with Crippen molar-refractivity contribution in [2.24, 2.45) is 7.05 Å². The first-order valence-electron chi connectivity index (χ1n) is 8.05. The topological polar surface area (TPSA) is 98.0 Å². The standard InChI is InChI=1S/C18H15BrClN5O3/c1-10-7-15(26)16(23-25(10)13-5-3-12(20)4-6-13)18(28)22-21-17(27)14-8-11(19)9-24(14)2/h3-9H,1-2H3,(H,21,27)(H,22,28). The number of hydrogen-bond acceptors (Lipinski definition) is 4. The fourth-order valence-corrected chi connectivity index (χ4v) is 3.19. The summed E-state index contributed by atoms with van der Waals surface area (Å²) in [4.78, 5) is 36.8. The predicted octanol–water partition coefficient (Wildman–Crippen LogP) is 2.37. The highest BCUT2D eigenvalue weighted by molar-refractivity contribution is 9.10. The molecule has 3 rings (SSSR count). The third-order valence-electron chi connectivity index (χ3n) is 3.89. The van der Waals surface area contributed by atoms with Crippen LogP contribution in [0.3, 0.4) is 0 Å². The molecule has 0 saturated heterocycles. The SMILES string of the molecule is Cc1cc(=O)c(C(=O)NNC(=O)c2cc(Br)cn2C)nn1-c1ccc(Cl)cc1. The zero-order valence-corrected chi connectivity index (χ0v) is 17.2. The van der Waals surface area contributed by atoms with Crippen molar-refractivity contribution in [1.29, 1.82) is 0 Å². The number of amides is 2. The molecule has 0 fully saturated rings. The molecule has 0 aliphatic heterocycles. The van der Waals surface area contributed by atoms with E-state index >= 15 is 0 Å². The summed E-state index contributed by atoms with van der Waals surface area (Å²) in [7, 11) is 1.69. The molecule has 2 aromatic heterocycles. The molecule has 28 heavy (non-hydrogen) atoms. The highest BCUT2D eigenvalue weighted by Gasteiger charge is 2.17. The van der Waals surface area contributed by atoms with E-state index in [2.05, 4.69) is 31.9 Å². The molecule has 3 aromatic rings. The Labute approximate surface area is 173 Å². The van der Waals surface area contributed by atoms with Gasteiger partial charge in [0, 0.05) is 34.5 Å². The van der Waals surface area contributed by atoms with E-state index in [4.69, 9.17) is 11.6 Å². The van der Waals surface area contributed by atoms with E-state index in [1.165, 1.54) is 10.7 Å². The molecule has 0 atom stereocenters. The third kappa shape index (κ3) is 4.15. The number of carbonyl (C=O) groups excluding carboxylic acids is 2. The van der Waals surface area contributed by atoms with Gasteiger partial charge < -0.3 is 4.57 Å². The lowest BCUT2D eigenvalue weighted by molar-refractivity contribution is 0.0837. The van der Waals surface area contributed by atoms with Crippen molar-refractivity contribution in [2.75, 3.05) is 0 Å². The second kappa shape index (κ2) is 7.99. The van der Waals surface area contributed by atoms with E-state index < -0.39 is 17.2 Å². The van der Waals surface area contributed by atoms with Crippen LogP contribution in [0.25, 0.3) is 5.69 Å². The smallest absolute Gasteiger partial charge is 0.294 e. The summed E-state index contributed by atoms with van der Waals surface area (Å²) in [6, 6.07) is 9.67. The van der Waals surface area contributed by atoms with Gasteiger partial charge in [0.05, 0.1) is 5.69 Å². The van der Waals surface area contributed by atoms with Crippen LogP contribution in [0.1, 0.15) is 26.7 Å². The van der Waals surface area contributed by atoms with Gasteiger partial charge in [0.15, 0.2) is 5.69 Å². The number of aryl methyl sites for hydroxylation is 2. The maximum atomic E-state index is 12.4. The molecule has 1 aromatic carbocycles. The van der Waals surface area contributed by atoms with Crippen LogP contribution in [0.2, 0.25) is 5.02 Å². The van der Waals surface area contributed by atoms with Crippen LogP contribution in [-0.4, -0.2) is 26.2 Å². The normalized spacial score (nSPS) is 10.6. The summed E-state index contributed by atoms with van der Waals surface area (Å²) in [5.74, 6) is -1.36. The minimum Gasteiger partial charge on any atom is -0.345 e. The molecule has 2 heterocycles. The molecule has 0 saturated carbocycles. The van der Waals surface area contributed by atoms with Crippen molar-refractivity contribution >= 4 is 39.3 Å². The molecule has 8 nitrogen and oxygen atoms in total. The molecule has 0 bridgehead atoms. The van der Waals surface area contributed by atoms with Crippen LogP contribution in [0, 0.1) is 6.92 Å². The Morgan fingerprint density at radius 3 is 2.36 bits per heavy atom. The van der Waals surface area contributed by atoms with Crippen molar-refractivity contribution in [2.45, 2.75) is 6.92 Å². The lowest BCUT2D eigenvalue weighted by Gasteiger charge is -2.12. The first-order valence-corrected chi connectivity index (χ1v) is 9.23. The molecule has 144 valence electrons. The summed E-state index contributed by atoms with van der Waals surface area (Å²) >= 11 is 9.16. The van der Waals surface area contributed by atoms with Crippen molar-refractivity contribution in [1.82, 2.24) is 25.2 Å². The number of halogens is 2. The number of rotatable bonds is 3. The van der Waals surface area contributed by atoms with E-state index in [0.717, 1.165) is 4.47 Å². The van der Waals surface area contributed by atoms with Gasteiger partial charge in [-0.3, -0.25) is 25.2 Å². The van der Waals surface area contributed by atoms with Crippen LogP contribution >= 0.6 is 27.5 Å². The van der Waals surface area contributed by atoms with E-state index in [0.29, 0.717) is 22.1 Å². The first-order chi connectivity index (χ1) is 13.3. The summed E-state index contributed by atoms with van der Waals surface area (Å²) in [5.41, 5.74) is 5.08. The summed E-state index contributed by atoms with van der Waals surface area (Å²) in [5, 5.41) is 4.68. The van der Waals surface area contributed by atoms with Gasteiger partial charge in [-0.1, -0.05) is 11.6 Å². The van der Waals surface area contributed by atoms with Gasteiger partial charge in [-0.25, -0.2) is 4.68 Å². The van der Waals surface area contributed by atoms with Crippen LogP contribution in [0.5, 0.6) is 0 Å². The molecule has 10 heteroatoms. The van der Waals surface area contributed by atoms with Crippen molar-refractivity contribution in [3.8, 4) is 5.69 Å². The minimum absolute atomic E-state index is 0.322. The van der Waals surface area contributed by atoms with E-state index in [-0.39, 0.29) is 5.69 Å². The predicted molar refractivity (Wildman–Crippen MR) is 108 cm³/mol. The highest BCUT2D eigenvalue weighted by Crippen LogP contribution is 2.14.